The van der Waals surface area contributed by atoms with Crippen LogP contribution in [0.5, 0.6) is 0 Å². The van der Waals surface area contributed by atoms with Gasteiger partial charge in [0.25, 0.3) is 0 Å². The van der Waals surface area contributed by atoms with Gasteiger partial charge in [-0.3, -0.25) is 0 Å². The van der Waals surface area contributed by atoms with Gasteiger partial charge in [0.1, 0.15) is 0 Å². The lowest BCUT2D eigenvalue weighted by atomic mass is 9.84. The lowest BCUT2D eigenvalue weighted by Gasteiger charge is -2.35. The van der Waals surface area contributed by atoms with Crippen molar-refractivity contribution < 1.29 is 18.3 Å². The Kier molecular flexibility index (Phi) is 4.54. The van der Waals surface area contributed by atoms with Crippen LogP contribution in [-0.2, 0) is 0 Å². The Hall–Kier alpha value is -0.290. The highest BCUT2D eigenvalue weighted by Gasteiger charge is 2.42. The molecule has 0 saturated heterocycles. The van der Waals surface area contributed by atoms with Crippen molar-refractivity contribution in [2.45, 2.75) is 75.7 Å². The van der Waals surface area contributed by atoms with Crippen LogP contribution in [0.25, 0.3) is 0 Å². The molecule has 0 amide bonds. The van der Waals surface area contributed by atoms with Gasteiger partial charge in [0.2, 0.25) is 0 Å². The van der Waals surface area contributed by atoms with Crippen molar-refractivity contribution in [2.24, 2.45) is 5.92 Å². The number of hydrogen-bond donors (Lipinski definition) is 2. The second-order valence-corrected chi connectivity index (χ2v) is 5.79. The lowest BCUT2D eigenvalue weighted by molar-refractivity contribution is -0.184. The van der Waals surface area contributed by atoms with Gasteiger partial charge in [0, 0.05) is 12.1 Å². The van der Waals surface area contributed by atoms with Crippen LogP contribution in [0.15, 0.2) is 0 Å². The van der Waals surface area contributed by atoms with E-state index in [1.807, 2.05) is 0 Å². The van der Waals surface area contributed by atoms with Crippen LogP contribution in [0.1, 0.15) is 51.4 Å². The van der Waals surface area contributed by atoms with E-state index in [0.717, 1.165) is 25.7 Å². The number of halogens is 3. The molecule has 0 radical (unpaired) electrons. The summed E-state index contributed by atoms with van der Waals surface area (Å²) in [6, 6.07) is 0.173. The first kappa shape index (κ1) is 14.1. The molecule has 0 bridgehead atoms. The molecule has 2 aliphatic carbocycles. The van der Waals surface area contributed by atoms with Crippen LogP contribution in [0.2, 0.25) is 0 Å². The fraction of sp³-hybridized carbons (Fsp3) is 1.00. The number of alkyl halides is 3. The van der Waals surface area contributed by atoms with Gasteiger partial charge in [-0.1, -0.05) is 6.42 Å². The van der Waals surface area contributed by atoms with E-state index in [4.69, 9.17) is 0 Å². The fourth-order valence-corrected chi connectivity index (χ4v) is 3.29. The Balaban J connectivity index is 1.82. The smallest absolute Gasteiger partial charge is 0.391 e. The van der Waals surface area contributed by atoms with Crippen LogP contribution in [0.3, 0.4) is 0 Å². The molecule has 2 nitrogen and oxygen atoms in total. The highest BCUT2D eigenvalue weighted by molar-refractivity contribution is 4.86. The molecule has 5 heteroatoms. The standard InChI is InChI=1S/C13H22F3NO/c14-13(15,16)9-3-1-4-10(7-9)17-11-5-2-6-12(18)8-11/h9-12,17-18H,1-8H2. The number of hydrogen-bond acceptors (Lipinski definition) is 2. The first-order valence-corrected chi connectivity index (χ1v) is 6.96. The van der Waals surface area contributed by atoms with Gasteiger partial charge >= 0.3 is 6.18 Å². The van der Waals surface area contributed by atoms with E-state index >= 15 is 0 Å². The van der Waals surface area contributed by atoms with Crippen LogP contribution < -0.4 is 5.32 Å². The summed E-state index contributed by atoms with van der Waals surface area (Å²) in [5, 5.41) is 12.9. The Bertz CT molecular complexity index is 269. The first-order chi connectivity index (χ1) is 8.45. The summed E-state index contributed by atoms with van der Waals surface area (Å²) < 4.78 is 38.1. The van der Waals surface area contributed by atoms with Crippen LogP contribution >= 0.6 is 0 Å². The molecule has 4 unspecified atom stereocenters. The Morgan fingerprint density at radius 3 is 2.11 bits per heavy atom. The zero-order chi connectivity index (χ0) is 13.2. The van der Waals surface area contributed by atoms with E-state index in [1.165, 1.54) is 0 Å². The molecule has 0 spiro atoms. The number of nitrogens with one attached hydrogen (secondary N) is 1. The second-order valence-electron chi connectivity index (χ2n) is 5.79. The predicted molar refractivity (Wildman–Crippen MR) is 63.2 cm³/mol. The van der Waals surface area contributed by atoms with Gasteiger partial charge in [-0.2, -0.15) is 13.2 Å². The quantitative estimate of drug-likeness (QED) is 0.804. The van der Waals surface area contributed by atoms with E-state index in [1.54, 1.807) is 0 Å². The summed E-state index contributed by atoms with van der Waals surface area (Å²) in [4.78, 5) is 0. The van der Waals surface area contributed by atoms with E-state index in [9.17, 15) is 18.3 Å². The normalized spacial score (nSPS) is 38.7. The summed E-state index contributed by atoms with van der Waals surface area (Å²) in [5.74, 6) is -1.14. The monoisotopic (exact) mass is 265 g/mol. The minimum atomic E-state index is -4.05. The van der Waals surface area contributed by atoms with Crippen LogP contribution in [0, 0.1) is 5.92 Å². The molecule has 0 aromatic rings. The average Bonchev–Trinajstić information content (AvgIpc) is 2.28. The molecular formula is C13H22F3NO. The van der Waals surface area contributed by atoms with Gasteiger partial charge in [0.15, 0.2) is 0 Å². The van der Waals surface area contributed by atoms with Gasteiger partial charge in [-0.15, -0.1) is 0 Å². The van der Waals surface area contributed by atoms with Crippen molar-refractivity contribution >= 4 is 0 Å². The lowest BCUT2D eigenvalue weighted by Crippen LogP contribution is -2.45. The summed E-state index contributed by atoms with van der Waals surface area (Å²) in [7, 11) is 0. The molecule has 0 heterocycles. The highest BCUT2D eigenvalue weighted by atomic mass is 19.4. The third-order valence-electron chi connectivity index (χ3n) is 4.26. The third kappa shape index (κ3) is 3.85. The van der Waals surface area contributed by atoms with E-state index in [0.29, 0.717) is 12.8 Å². The average molecular weight is 265 g/mol. The van der Waals surface area contributed by atoms with Crippen molar-refractivity contribution in [3.05, 3.63) is 0 Å². The zero-order valence-electron chi connectivity index (χ0n) is 10.5. The summed E-state index contributed by atoms with van der Waals surface area (Å²) in [5.41, 5.74) is 0. The van der Waals surface area contributed by atoms with Crippen LogP contribution in [-0.4, -0.2) is 29.5 Å². The van der Waals surface area contributed by atoms with E-state index in [2.05, 4.69) is 5.32 Å². The SMILES string of the molecule is OC1CCCC(NC2CCCC(C(F)(F)F)C2)C1. The minimum absolute atomic E-state index is 0.0272. The molecule has 0 aromatic heterocycles. The molecule has 2 N–H and O–H groups in total. The largest absolute Gasteiger partial charge is 0.393 e. The molecule has 106 valence electrons. The van der Waals surface area contributed by atoms with Crippen molar-refractivity contribution in [3.63, 3.8) is 0 Å². The van der Waals surface area contributed by atoms with Gasteiger partial charge < -0.3 is 10.4 Å². The molecular weight excluding hydrogens is 243 g/mol. The summed E-state index contributed by atoms with van der Waals surface area (Å²) in [6.07, 6.45) is 1.09. The Labute approximate surface area is 106 Å². The minimum Gasteiger partial charge on any atom is -0.393 e. The number of aliphatic hydroxyl groups is 1. The topological polar surface area (TPSA) is 32.3 Å². The molecule has 2 fully saturated rings. The molecule has 4 atom stereocenters. The Morgan fingerprint density at radius 1 is 0.889 bits per heavy atom. The highest BCUT2D eigenvalue weighted by Crippen LogP contribution is 2.37. The van der Waals surface area contributed by atoms with Crippen molar-refractivity contribution in [1.82, 2.24) is 5.32 Å². The molecule has 2 aliphatic rings. The molecule has 2 saturated carbocycles. The first-order valence-electron chi connectivity index (χ1n) is 6.96. The summed E-state index contributed by atoms with van der Waals surface area (Å²) in [6.45, 7) is 0. The number of rotatable bonds is 2. The molecule has 2 rings (SSSR count). The van der Waals surface area contributed by atoms with Gasteiger partial charge in [-0.25, -0.2) is 0 Å². The molecule has 0 aromatic carbocycles. The van der Waals surface area contributed by atoms with Gasteiger partial charge in [0.05, 0.1) is 12.0 Å². The predicted octanol–water partition coefficient (Wildman–Crippen LogP) is 3.00. The maximum atomic E-state index is 12.7. The van der Waals surface area contributed by atoms with E-state index < -0.39 is 12.1 Å². The maximum absolute atomic E-state index is 12.7. The van der Waals surface area contributed by atoms with Crippen LogP contribution in [0.4, 0.5) is 13.2 Å². The van der Waals surface area contributed by atoms with E-state index in [-0.39, 0.29) is 31.0 Å². The van der Waals surface area contributed by atoms with Crippen molar-refractivity contribution in [3.8, 4) is 0 Å². The zero-order valence-corrected chi connectivity index (χ0v) is 10.5. The second kappa shape index (κ2) is 5.78. The maximum Gasteiger partial charge on any atom is 0.391 e. The number of aliphatic hydroxyl groups excluding tert-OH is 1. The fourth-order valence-electron chi connectivity index (χ4n) is 3.29. The van der Waals surface area contributed by atoms with Crippen molar-refractivity contribution in [1.29, 1.82) is 0 Å². The molecule has 0 aliphatic heterocycles. The van der Waals surface area contributed by atoms with Gasteiger partial charge in [-0.05, 0) is 44.9 Å². The Morgan fingerprint density at radius 2 is 1.50 bits per heavy atom. The van der Waals surface area contributed by atoms with Crippen molar-refractivity contribution in [2.75, 3.05) is 0 Å². The third-order valence-corrected chi connectivity index (χ3v) is 4.26. The molecule has 18 heavy (non-hydrogen) atoms. The summed E-state index contributed by atoms with van der Waals surface area (Å²) >= 11 is 0.